The zero-order valence-corrected chi connectivity index (χ0v) is 12.6. The van der Waals surface area contributed by atoms with E-state index in [1.54, 1.807) is 13.0 Å². The molecule has 0 spiro atoms. The lowest BCUT2D eigenvalue weighted by Crippen LogP contribution is -2.26. The van der Waals surface area contributed by atoms with Gasteiger partial charge in [0.15, 0.2) is 0 Å². The van der Waals surface area contributed by atoms with Crippen LogP contribution in [0.4, 0.5) is 0 Å². The second-order valence-electron chi connectivity index (χ2n) is 4.34. The monoisotopic (exact) mass is 327 g/mol. The van der Waals surface area contributed by atoms with Crippen molar-refractivity contribution >= 4 is 27.3 Å². The van der Waals surface area contributed by atoms with E-state index in [4.69, 9.17) is 5.11 Å². The minimum absolute atomic E-state index is 0.207. The van der Waals surface area contributed by atoms with Gasteiger partial charge in [-0.2, -0.15) is 0 Å². The summed E-state index contributed by atoms with van der Waals surface area (Å²) in [6.07, 6.45) is 0. The van der Waals surface area contributed by atoms with Gasteiger partial charge in [0.1, 0.15) is 11.3 Å². The Hall–Kier alpha value is -1.90. The van der Waals surface area contributed by atoms with Gasteiger partial charge >= 0.3 is 5.97 Å². The fraction of sp³-hybridized carbons (Fsp3) is 0.154. The molecule has 8 heteroatoms. The van der Waals surface area contributed by atoms with E-state index in [1.807, 2.05) is 11.4 Å². The van der Waals surface area contributed by atoms with Crippen LogP contribution in [0.5, 0.6) is 5.75 Å². The molecule has 0 bridgehead atoms. The summed E-state index contributed by atoms with van der Waals surface area (Å²) in [5.41, 5.74) is -0.457. The van der Waals surface area contributed by atoms with Crippen molar-refractivity contribution in [1.82, 2.24) is 4.72 Å². The first-order valence-corrected chi connectivity index (χ1v) is 8.29. The smallest absolute Gasteiger partial charge is 0.339 e. The van der Waals surface area contributed by atoms with Gasteiger partial charge < -0.3 is 10.2 Å². The van der Waals surface area contributed by atoms with Crippen molar-refractivity contribution in [3.05, 3.63) is 46.2 Å². The highest BCUT2D eigenvalue weighted by atomic mass is 32.2. The van der Waals surface area contributed by atoms with Crippen LogP contribution in [0.25, 0.3) is 0 Å². The average molecular weight is 327 g/mol. The van der Waals surface area contributed by atoms with Crippen LogP contribution in [0.15, 0.2) is 40.6 Å². The van der Waals surface area contributed by atoms with E-state index in [-0.39, 0.29) is 4.90 Å². The fourth-order valence-electron chi connectivity index (χ4n) is 1.75. The number of nitrogens with one attached hydrogen (secondary N) is 1. The van der Waals surface area contributed by atoms with Gasteiger partial charge in [-0.05, 0) is 36.6 Å². The van der Waals surface area contributed by atoms with Crippen LogP contribution in [0.1, 0.15) is 28.2 Å². The van der Waals surface area contributed by atoms with Crippen molar-refractivity contribution in [1.29, 1.82) is 0 Å². The molecule has 0 saturated carbocycles. The predicted octanol–water partition coefficient (Wildman–Crippen LogP) is 2.19. The number of aromatic hydroxyl groups is 1. The zero-order valence-electron chi connectivity index (χ0n) is 11.0. The number of hydrogen-bond acceptors (Lipinski definition) is 5. The average Bonchev–Trinajstić information content (AvgIpc) is 2.92. The number of sulfonamides is 1. The highest BCUT2D eigenvalue weighted by Crippen LogP contribution is 2.24. The first-order chi connectivity index (χ1) is 9.81. The van der Waals surface area contributed by atoms with Crippen molar-refractivity contribution in [2.24, 2.45) is 0 Å². The van der Waals surface area contributed by atoms with E-state index in [1.165, 1.54) is 11.3 Å². The van der Waals surface area contributed by atoms with E-state index in [2.05, 4.69) is 4.72 Å². The molecule has 2 aromatic rings. The number of carboxylic acid groups (broad SMARTS) is 1. The summed E-state index contributed by atoms with van der Waals surface area (Å²) in [6, 6.07) is 6.32. The van der Waals surface area contributed by atoms with Gasteiger partial charge in [-0.25, -0.2) is 17.9 Å². The summed E-state index contributed by atoms with van der Waals surface area (Å²) in [5, 5.41) is 20.2. The van der Waals surface area contributed by atoms with Crippen molar-refractivity contribution in [3.8, 4) is 5.75 Å². The van der Waals surface area contributed by atoms with Gasteiger partial charge in [0.2, 0.25) is 10.0 Å². The molecule has 1 aromatic heterocycles. The van der Waals surface area contributed by atoms with Crippen molar-refractivity contribution in [2.75, 3.05) is 0 Å². The van der Waals surface area contributed by atoms with Gasteiger partial charge in [-0.1, -0.05) is 6.07 Å². The molecule has 2 rings (SSSR count). The highest BCUT2D eigenvalue weighted by molar-refractivity contribution is 7.89. The molecule has 112 valence electrons. The van der Waals surface area contributed by atoms with E-state index in [0.29, 0.717) is 0 Å². The number of rotatable bonds is 5. The zero-order chi connectivity index (χ0) is 15.6. The minimum Gasteiger partial charge on any atom is -0.507 e. The lowest BCUT2D eigenvalue weighted by molar-refractivity contribution is 0.0693. The second-order valence-corrected chi connectivity index (χ2v) is 7.04. The predicted molar refractivity (Wildman–Crippen MR) is 78.1 cm³/mol. The van der Waals surface area contributed by atoms with Crippen LogP contribution in [-0.2, 0) is 10.0 Å². The summed E-state index contributed by atoms with van der Waals surface area (Å²) in [4.78, 5) is 11.6. The SMILES string of the molecule is CC(NS(=O)(=O)c1ccc(O)c(C(=O)O)c1)c1cccs1. The Morgan fingerprint density at radius 3 is 2.62 bits per heavy atom. The lowest BCUT2D eigenvalue weighted by atomic mass is 10.2. The van der Waals surface area contributed by atoms with Gasteiger partial charge in [-0.15, -0.1) is 11.3 Å². The van der Waals surface area contributed by atoms with Crippen LogP contribution in [0.3, 0.4) is 0 Å². The topological polar surface area (TPSA) is 104 Å². The summed E-state index contributed by atoms with van der Waals surface area (Å²) >= 11 is 1.42. The third kappa shape index (κ3) is 3.41. The van der Waals surface area contributed by atoms with E-state index < -0.39 is 33.3 Å². The van der Waals surface area contributed by atoms with E-state index in [0.717, 1.165) is 23.1 Å². The van der Waals surface area contributed by atoms with E-state index >= 15 is 0 Å². The number of carboxylic acids is 1. The number of aromatic carboxylic acids is 1. The van der Waals surface area contributed by atoms with Crippen LogP contribution >= 0.6 is 11.3 Å². The van der Waals surface area contributed by atoms with E-state index in [9.17, 15) is 18.3 Å². The molecule has 0 amide bonds. The molecule has 0 saturated heterocycles. The Kier molecular flexibility index (Phi) is 4.31. The number of hydrogen-bond donors (Lipinski definition) is 3. The Morgan fingerprint density at radius 1 is 1.33 bits per heavy atom. The molecule has 1 aromatic carbocycles. The molecule has 0 radical (unpaired) electrons. The lowest BCUT2D eigenvalue weighted by Gasteiger charge is -2.13. The van der Waals surface area contributed by atoms with Crippen LogP contribution in [0, 0.1) is 0 Å². The minimum atomic E-state index is -3.88. The van der Waals surface area contributed by atoms with Gasteiger partial charge in [0, 0.05) is 4.88 Å². The first-order valence-electron chi connectivity index (χ1n) is 5.93. The Bertz CT molecular complexity index is 753. The standard InChI is InChI=1S/C13H13NO5S2/c1-8(12-3-2-6-20-12)14-21(18,19)9-4-5-11(15)10(7-9)13(16)17/h2-8,14-15H,1H3,(H,16,17). The summed E-state index contributed by atoms with van der Waals surface area (Å²) in [5.74, 6) is -1.87. The van der Waals surface area contributed by atoms with Crippen molar-refractivity contribution < 1.29 is 23.4 Å². The molecule has 0 aliphatic rings. The molecule has 1 atom stereocenters. The molecule has 1 unspecified atom stereocenters. The van der Waals surface area contributed by atoms with Crippen molar-refractivity contribution in [2.45, 2.75) is 17.9 Å². The molecule has 3 N–H and O–H groups in total. The number of phenols is 1. The maximum absolute atomic E-state index is 12.2. The Labute approximate surface area is 125 Å². The van der Waals surface area contributed by atoms with Crippen molar-refractivity contribution in [3.63, 3.8) is 0 Å². The van der Waals surface area contributed by atoms with Gasteiger partial charge in [0.25, 0.3) is 0 Å². The molecule has 0 aliphatic carbocycles. The summed E-state index contributed by atoms with van der Waals surface area (Å²) in [6.45, 7) is 1.70. The third-order valence-electron chi connectivity index (χ3n) is 2.81. The Morgan fingerprint density at radius 2 is 2.05 bits per heavy atom. The normalized spacial score (nSPS) is 13.0. The molecule has 21 heavy (non-hydrogen) atoms. The van der Waals surface area contributed by atoms with Gasteiger partial charge in [-0.3, -0.25) is 0 Å². The molecule has 6 nitrogen and oxygen atoms in total. The third-order valence-corrected chi connectivity index (χ3v) is 5.40. The molecule has 0 fully saturated rings. The first kappa shape index (κ1) is 15.5. The number of carbonyl (C=O) groups is 1. The summed E-state index contributed by atoms with van der Waals surface area (Å²) < 4.78 is 27.0. The number of benzene rings is 1. The second kappa shape index (κ2) is 5.84. The molecular formula is C13H13NO5S2. The molecular weight excluding hydrogens is 314 g/mol. The largest absolute Gasteiger partial charge is 0.507 e. The maximum atomic E-state index is 12.2. The van der Waals surface area contributed by atoms with Crippen LogP contribution < -0.4 is 4.72 Å². The molecule has 0 aliphatic heterocycles. The summed E-state index contributed by atoms with van der Waals surface area (Å²) in [7, 11) is -3.88. The Balaban J connectivity index is 2.32. The molecule has 1 heterocycles. The quantitative estimate of drug-likeness (QED) is 0.781. The highest BCUT2D eigenvalue weighted by Gasteiger charge is 2.21. The van der Waals surface area contributed by atoms with Gasteiger partial charge in [0.05, 0.1) is 10.9 Å². The number of thiophene rings is 1. The van der Waals surface area contributed by atoms with Crippen LogP contribution in [0.2, 0.25) is 0 Å². The van der Waals surface area contributed by atoms with Crippen LogP contribution in [-0.4, -0.2) is 24.6 Å². The fourth-order valence-corrected chi connectivity index (χ4v) is 3.81. The maximum Gasteiger partial charge on any atom is 0.339 e.